The van der Waals surface area contributed by atoms with E-state index >= 15 is 0 Å². The smallest absolute Gasteiger partial charge is 0.416 e. The molecule has 1 unspecified atom stereocenters. The van der Waals surface area contributed by atoms with E-state index in [0.29, 0.717) is 25.1 Å². The number of fused-ring (bicyclic) bond motifs is 1. The van der Waals surface area contributed by atoms with Gasteiger partial charge >= 0.3 is 12.3 Å². The van der Waals surface area contributed by atoms with E-state index in [1.54, 1.807) is 13.2 Å². The number of piperidine rings is 1. The van der Waals surface area contributed by atoms with Crippen LogP contribution in [0.3, 0.4) is 0 Å². The van der Waals surface area contributed by atoms with E-state index in [4.69, 9.17) is 9.47 Å². The number of ether oxygens (including phenoxy) is 2. The molecule has 6 nitrogen and oxygen atoms in total. The van der Waals surface area contributed by atoms with Crippen LogP contribution in [0.5, 0.6) is 0 Å². The zero-order valence-corrected chi connectivity index (χ0v) is 22.3. The molecular weight excluding hydrogens is 471 g/mol. The second-order valence-corrected chi connectivity index (χ2v) is 11.8. The Morgan fingerprint density at radius 3 is 2.28 bits per heavy atom. The minimum atomic E-state index is -4.36. The monoisotopic (exact) mass is 511 g/mol. The molecule has 0 saturated carbocycles. The molecule has 0 N–H and O–H groups in total. The Balaban J connectivity index is 1.41. The summed E-state index contributed by atoms with van der Waals surface area (Å²) < 4.78 is 51.1. The molecule has 2 heterocycles. The lowest BCUT2D eigenvalue weighted by Gasteiger charge is -2.52. The first-order valence-corrected chi connectivity index (χ1v) is 12.9. The summed E-state index contributed by atoms with van der Waals surface area (Å²) in [6.07, 6.45) is -2.50. The highest BCUT2D eigenvalue weighted by molar-refractivity contribution is 5.68. The van der Waals surface area contributed by atoms with Crippen LogP contribution in [0.25, 0.3) is 0 Å². The molecule has 0 aromatic heterocycles. The zero-order chi connectivity index (χ0) is 26.5. The number of benzene rings is 1. The van der Waals surface area contributed by atoms with Crippen molar-refractivity contribution in [3.05, 3.63) is 34.9 Å². The van der Waals surface area contributed by atoms with E-state index in [0.717, 1.165) is 38.0 Å². The van der Waals surface area contributed by atoms with Crippen LogP contribution >= 0.6 is 0 Å². The number of alkyl halides is 3. The van der Waals surface area contributed by atoms with Crippen LogP contribution in [0.15, 0.2) is 18.2 Å². The van der Waals surface area contributed by atoms with Crippen molar-refractivity contribution in [1.82, 2.24) is 14.7 Å². The molecule has 36 heavy (non-hydrogen) atoms. The van der Waals surface area contributed by atoms with E-state index in [9.17, 15) is 18.0 Å². The Hall–Kier alpha value is -1.84. The van der Waals surface area contributed by atoms with Gasteiger partial charge in [0.25, 0.3) is 0 Å². The molecule has 0 spiro atoms. The number of hydrogen-bond donors (Lipinski definition) is 0. The molecule has 2 aliphatic heterocycles. The van der Waals surface area contributed by atoms with Gasteiger partial charge in [-0.25, -0.2) is 4.79 Å². The Bertz CT molecular complexity index is 954. The molecule has 3 aliphatic rings. The van der Waals surface area contributed by atoms with E-state index in [2.05, 4.69) is 23.6 Å². The number of halogens is 3. The molecule has 0 radical (unpaired) electrons. The van der Waals surface area contributed by atoms with Crippen LogP contribution in [0.2, 0.25) is 0 Å². The van der Waals surface area contributed by atoms with Crippen LogP contribution in [0.4, 0.5) is 18.0 Å². The Kier molecular flexibility index (Phi) is 7.40. The predicted molar refractivity (Wildman–Crippen MR) is 132 cm³/mol. The number of amides is 1. The molecule has 202 valence electrons. The molecule has 2 saturated heterocycles. The predicted octanol–water partition coefficient (Wildman–Crippen LogP) is 5.63. The van der Waals surface area contributed by atoms with Gasteiger partial charge in [0, 0.05) is 57.5 Å². The molecule has 1 aliphatic carbocycles. The second-order valence-electron chi connectivity index (χ2n) is 11.8. The van der Waals surface area contributed by atoms with Crippen LogP contribution in [-0.2, 0) is 15.7 Å². The first-order valence-electron chi connectivity index (χ1n) is 12.9. The van der Waals surface area contributed by atoms with Gasteiger partial charge in [-0.3, -0.25) is 9.80 Å². The van der Waals surface area contributed by atoms with Crippen molar-refractivity contribution in [3.8, 4) is 0 Å². The van der Waals surface area contributed by atoms with Crippen molar-refractivity contribution >= 4 is 6.09 Å². The minimum absolute atomic E-state index is 0.00310. The first-order chi connectivity index (χ1) is 16.7. The highest BCUT2D eigenvalue weighted by Crippen LogP contribution is 2.47. The Morgan fingerprint density at radius 2 is 1.72 bits per heavy atom. The van der Waals surface area contributed by atoms with Gasteiger partial charge in [-0.05, 0) is 77.1 Å². The van der Waals surface area contributed by atoms with Crippen molar-refractivity contribution in [2.24, 2.45) is 0 Å². The molecule has 4 rings (SSSR count). The van der Waals surface area contributed by atoms with Crippen molar-refractivity contribution in [1.29, 1.82) is 0 Å². The standard InChI is InChI=1S/C27H40F3N3O3/c1-18-17-32(26(5)9-11-31(12-10-26)24(34)36-25(2,3)4)13-14-33(18)22-16-23(35-6)21-15-19(27(28,29)30)7-8-20(21)22/h7-8,15,18,22-23H,9-14,16-17H2,1-6H3/t18-,22?,23-/m0/s1. The van der Waals surface area contributed by atoms with Gasteiger partial charge in [-0.1, -0.05) is 6.07 Å². The van der Waals surface area contributed by atoms with Crippen molar-refractivity contribution in [3.63, 3.8) is 0 Å². The second kappa shape index (κ2) is 9.80. The number of carbonyl (C=O) groups is 1. The SMILES string of the molecule is CO[C@H]1CC(N2CCN(C3(C)CCN(C(=O)OC(C)(C)C)CC3)C[C@@H]2C)c2ccc(C(F)(F)F)cc21. The number of likely N-dealkylation sites (tertiary alicyclic amines) is 1. The molecule has 0 bridgehead atoms. The summed E-state index contributed by atoms with van der Waals surface area (Å²) >= 11 is 0. The molecule has 9 heteroatoms. The maximum Gasteiger partial charge on any atom is 0.416 e. The molecule has 3 atom stereocenters. The molecule has 1 aromatic rings. The lowest BCUT2D eigenvalue weighted by atomic mass is 9.86. The summed E-state index contributed by atoms with van der Waals surface area (Å²) in [6, 6.07) is 4.41. The van der Waals surface area contributed by atoms with Gasteiger partial charge in [-0.2, -0.15) is 13.2 Å². The summed E-state index contributed by atoms with van der Waals surface area (Å²) in [5, 5.41) is 0. The molecule has 1 amide bonds. The fraction of sp³-hybridized carbons (Fsp3) is 0.741. The maximum absolute atomic E-state index is 13.3. The van der Waals surface area contributed by atoms with Gasteiger partial charge in [0.15, 0.2) is 0 Å². The van der Waals surface area contributed by atoms with Gasteiger partial charge in [0.05, 0.1) is 11.7 Å². The van der Waals surface area contributed by atoms with Crippen LogP contribution < -0.4 is 0 Å². The van der Waals surface area contributed by atoms with Gasteiger partial charge in [0.1, 0.15) is 5.60 Å². The number of methoxy groups -OCH3 is 1. The number of piperazine rings is 1. The molecule has 1 aromatic carbocycles. The number of rotatable bonds is 3. The van der Waals surface area contributed by atoms with Crippen LogP contribution in [-0.4, -0.2) is 77.8 Å². The minimum Gasteiger partial charge on any atom is -0.444 e. The summed E-state index contributed by atoms with van der Waals surface area (Å²) in [4.78, 5) is 19.3. The molecule has 2 fully saturated rings. The number of nitrogens with zero attached hydrogens (tertiary/aromatic N) is 3. The van der Waals surface area contributed by atoms with E-state index in [1.165, 1.54) is 12.1 Å². The highest BCUT2D eigenvalue weighted by atomic mass is 19.4. The number of carbonyl (C=O) groups excluding carboxylic acids is 1. The lowest BCUT2D eigenvalue weighted by Crippen LogP contribution is -2.62. The summed E-state index contributed by atoms with van der Waals surface area (Å²) in [5.74, 6) is 0. The number of hydrogen-bond acceptors (Lipinski definition) is 5. The third-order valence-electron chi connectivity index (χ3n) is 8.18. The zero-order valence-electron chi connectivity index (χ0n) is 22.3. The van der Waals surface area contributed by atoms with Crippen LogP contribution in [0.1, 0.15) is 82.7 Å². The lowest BCUT2D eigenvalue weighted by molar-refractivity contribution is -0.137. The largest absolute Gasteiger partial charge is 0.444 e. The van der Waals surface area contributed by atoms with Gasteiger partial charge in [0.2, 0.25) is 0 Å². The average Bonchev–Trinajstić information content (AvgIpc) is 3.15. The fourth-order valence-corrected chi connectivity index (χ4v) is 6.07. The Morgan fingerprint density at radius 1 is 1.06 bits per heavy atom. The topological polar surface area (TPSA) is 45.2 Å². The summed E-state index contributed by atoms with van der Waals surface area (Å²) in [6.45, 7) is 14.1. The van der Waals surface area contributed by atoms with Crippen molar-refractivity contribution in [2.45, 2.75) is 89.4 Å². The van der Waals surface area contributed by atoms with E-state index < -0.39 is 17.3 Å². The summed E-state index contributed by atoms with van der Waals surface area (Å²) in [5.41, 5.74) is 0.495. The quantitative estimate of drug-likeness (QED) is 0.526. The Labute approximate surface area is 212 Å². The third kappa shape index (κ3) is 5.53. The third-order valence-corrected chi connectivity index (χ3v) is 8.18. The summed E-state index contributed by atoms with van der Waals surface area (Å²) in [7, 11) is 1.57. The van der Waals surface area contributed by atoms with Crippen molar-refractivity contribution in [2.75, 3.05) is 39.8 Å². The van der Waals surface area contributed by atoms with E-state index in [-0.39, 0.29) is 29.8 Å². The normalized spacial score (nSPS) is 27.7. The van der Waals surface area contributed by atoms with Crippen LogP contribution in [0, 0.1) is 0 Å². The fourth-order valence-electron chi connectivity index (χ4n) is 6.07. The van der Waals surface area contributed by atoms with Gasteiger partial charge in [-0.15, -0.1) is 0 Å². The van der Waals surface area contributed by atoms with Crippen molar-refractivity contribution < 1.29 is 27.4 Å². The van der Waals surface area contributed by atoms with Gasteiger partial charge < -0.3 is 14.4 Å². The average molecular weight is 512 g/mol. The highest BCUT2D eigenvalue weighted by Gasteiger charge is 2.44. The maximum atomic E-state index is 13.3. The van der Waals surface area contributed by atoms with E-state index in [1.807, 2.05) is 25.7 Å². The first kappa shape index (κ1) is 27.2. The molecular formula is C27H40F3N3O3.